The second kappa shape index (κ2) is 2.32. The number of nitrogens with two attached hydrogens (primary N) is 1. The van der Waals surface area contributed by atoms with Gasteiger partial charge >= 0.3 is 6.18 Å². The topological polar surface area (TPSA) is 38.0 Å². The highest BCUT2D eigenvalue weighted by Gasteiger charge is 2.34. The molecule has 0 fully saturated rings. The van der Waals surface area contributed by atoms with Crippen LogP contribution in [0.3, 0.4) is 0 Å². The van der Waals surface area contributed by atoms with Crippen molar-refractivity contribution in [2.24, 2.45) is 5.84 Å². The number of hydrogen-bond donors (Lipinski definition) is 2. The molecule has 0 amide bonds. The van der Waals surface area contributed by atoms with Gasteiger partial charge in [0.25, 0.3) is 0 Å². The van der Waals surface area contributed by atoms with Crippen LogP contribution in [0.5, 0.6) is 0 Å². The van der Waals surface area contributed by atoms with Crippen LogP contribution in [0.1, 0.15) is 6.92 Å². The maximum atomic E-state index is 11.3. The van der Waals surface area contributed by atoms with Crippen LogP contribution in [-0.2, 0) is 0 Å². The quantitative estimate of drug-likeness (QED) is 0.396. The summed E-state index contributed by atoms with van der Waals surface area (Å²) in [6.07, 6.45) is -4.23. The van der Waals surface area contributed by atoms with Gasteiger partial charge in [-0.3, -0.25) is 5.84 Å². The second-order valence-electron chi connectivity index (χ2n) is 1.43. The first-order valence-corrected chi connectivity index (χ1v) is 2.01. The lowest BCUT2D eigenvalue weighted by Gasteiger charge is -2.12. The van der Waals surface area contributed by atoms with Crippen LogP contribution < -0.4 is 11.3 Å². The maximum Gasteiger partial charge on any atom is 0.404 e. The number of nitrogens with one attached hydrogen (secondary N) is 1. The van der Waals surface area contributed by atoms with E-state index in [1.807, 2.05) is 0 Å². The maximum absolute atomic E-state index is 11.3. The summed E-state index contributed by atoms with van der Waals surface area (Å²) >= 11 is 0. The molecule has 0 radical (unpaired) electrons. The van der Waals surface area contributed by atoms with Crippen LogP contribution in [0.2, 0.25) is 0 Å². The van der Waals surface area contributed by atoms with Crippen molar-refractivity contribution >= 4 is 0 Å². The summed E-state index contributed by atoms with van der Waals surface area (Å²) in [5, 5.41) is 0. The van der Waals surface area contributed by atoms with Crippen LogP contribution in [-0.4, -0.2) is 12.2 Å². The molecule has 0 aliphatic heterocycles. The number of alkyl halides is 3. The highest BCUT2D eigenvalue weighted by atomic mass is 19.4. The Labute approximate surface area is 44.8 Å². The standard InChI is InChI=1S/C3H7F3N2/c1-2(8-7)3(4,5)6/h2,8H,7H2,1H3/t2-/m1/s1. The first-order chi connectivity index (χ1) is 3.48. The van der Waals surface area contributed by atoms with E-state index in [4.69, 9.17) is 0 Å². The smallest absolute Gasteiger partial charge is 0.271 e. The van der Waals surface area contributed by atoms with Gasteiger partial charge in [0.15, 0.2) is 0 Å². The van der Waals surface area contributed by atoms with Crippen LogP contribution in [0.25, 0.3) is 0 Å². The van der Waals surface area contributed by atoms with E-state index in [1.165, 1.54) is 0 Å². The van der Waals surface area contributed by atoms with Gasteiger partial charge < -0.3 is 0 Å². The molecule has 0 saturated carbocycles. The molecule has 0 aliphatic rings. The van der Waals surface area contributed by atoms with E-state index in [9.17, 15) is 13.2 Å². The highest BCUT2D eigenvalue weighted by Crippen LogP contribution is 2.18. The van der Waals surface area contributed by atoms with Gasteiger partial charge in [-0.1, -0.05) is 0 Å². The molecule has 0 aromatic rings. The van der Waals surface area contributed by atoms with E-state index in [2.05, 4.69) is 5.84 Å². The largest absolute Gasteiger partial charge is 0.404 e. The summed E-state index contributed by atoms with van der Waals surface area (Å²) in [7, 11) is 0. The molecule has 0 heterocycles. The van der Waals surface area contributed by atoms with Gasteiger partial charge in [0.05, 0.1) is 0 Å². The first-order valence-electron chi connectivity index (χ1n) is 2.01. The average molecular weight is 128 g/mol. The normalized spacial score (nSPS) is 16.1. The number of hydrazine groups is 1. The summed E-state index contributed by atoms with van der Waals surface area (Å²) in [6.45, 7) is 0.944. The Balaban J connectivity index is 3.62. The summed E-state index contributed by atoms with van der Waals surface area (Å²) in [6, 6.07) is -1.62. The summed E-state index contributed by atoms with van der Waals surface area (Å²) in [4.78, 5) is 0. The van der Waals surface area contributed by atoms with E-state index < -0.39 is 12.2 Å². The summed E-state index contributed by atoms with van der Waals surface area (Å²) < 4.78 is 33.9. The molecular formula is C3H7F3N2. The SMILES string of the molecule is C[C@@H](NN)C(F)(F)F. The Morgan fingerprint density at radius 1 is 1.50 bits per heavy atom. The molecule has 0 aliphatic carbocycles. The minimum absolute atomic E-state index is 0.944. The zero-order valence-corrected chi connectivity index (χ0v) is 4.29. The second-order valence-corrected chi connectivity index (χ2v) is 1.43. The molecule has 0 aromatic heterocycles. The van der Waals surface area contributed by atoms with Gasteiger partial charge in [0, 0.05) is 0 Å². The highest BCUT2D eigenvalue weighted by molar-refractivity contribution is 4.64. The van der Waals surface area contributed by atoms with Crippen molar-refractivity contribution in [3.8, 4) is 0 Å². The van der Waals surface area contributed by atoms with Gasteiger partial charge in [0.2, 0.25) is 0 Å². The molecule has 0 spiro atoms. The minimum atomic E-state index is -4.23. The van der Waals surface area contributed by atoms with Crippen molar-refractivity contribution in [1.29, 1.82) is 0 Å². The zero-order valence-electron chi connectivity index (χ0n) is 4.29. The van der Waals surface area contributed by atoms with Crippen LogP contribution >= 0.6 is 0 Å². The fourth-order valence-electron chi connectivity index (χ4n) is 0.0945. The van der Waals surface area contributed by atoms with Crippen molar-refractivity contribution < 1.29 is 13.2 Å². The predicted molar refractivity (Wildman–Crippen MR) is 22.8 cm³/mol. The molecule has 0 rings (SSSR count). The molecule has 8 heavy (non-hydrogen) atoms. The average Bonchev–Trinajstić information content (AvgIpc) is 1.62. The van der Waals surface area contributed by atoms with E-state index in [0.29, 0.717) is 0 Å². The summed E-state index contributed by atoms with van der Waals surface area (Å²) in [5.74, 6) is 4.49. The van der Waals surface area contributed by atoms with Crippen LogP contribution in [0.4, 0.5) is 13.2 Å². The van der Waals surface area contributed by atoms with Gasteiger partial charge in [-0.25, -0.2) is 5.43 Å². The third-order valence-corrected chi connectivity index (χ3v) is 0.741. The molecule has 0 aromatic carbocycles. The van der Waals surface area contributed by atoms with Crippen molar-refractivity contribution in [3.05, 3.63) is 0 Å². The molecule has 0 unspecified atom stereocenters. The molecule has 2 nitrogen and oxygen atoms in total. The molecule has 5 heteroatoms. The zero-order chi connectivity index (χ0) is 6.78. The number of halogens is 3. The Bertz CT molecular complexity index is 69.4. The fraction of sp³-hybridized carbons (Fsp3) is 1.00. The van der Waals surface area contributed by atoms with Gasteiger partial charge in [-0.2, -0.15) is 13.2 Å². The molecule has 3 N–H and O–H groups in total. The molecule has 50 valence electrons. The minimum Gasteiger partial charge on any atom is -0.271 e. The number of rotatable bonds is 1. The van der Waals surface area contributed by atoms with Crippen molar-refractivity contribution in [1.82, 2.24) is 5.43 Å². The third kappa shape index (κ3) is 2.13. The predicted octanol–water partition coefficient (Wildman–Crippen LogP) is 0.400. The Morgan fingerprint density at radius 2 is 1.88 bits per heavy atom. The third-order valence-electron chi connectivity index (χ3n) is 0.741. The van der Waals surface area contributed by atoms with Crippen molar-refractivity contribution in [2.45, 2.75) is 19.1 Å². The van der Waals surface area contributed by atoms with E-state index >= 15 is 0 Å². The van der Waals surface area contributed by atoms with Crippen molar-refractivity contribution in [3.63, 3.8) is 0 Å². The Hall–Kier alpha value is -0.290. The molecule has 1 atom stereocenters. The number of hydrogen-bond acceptors (Lipinski definition) is 2. The lowest BCUT2D eigenvalue weighted by Crippen LogP contribution is -2.43. The molecule has 0 bridgehead atoms. The monoisotopic (exact) mass is 128 g/mol. The van der Waals surface area contributed by atoms with Crippen LogP contribution in [0, 0.1) is 0 Å². The lowest BCUT2D eigenvalue weighted by molar-refractivity contribution is -0.151. The molecule has 0 saturated heterocycles. The van der Waals surface area contributed by atoms with Crippen molar-refractivity contribution in [2.75, 3.05) is 0 Å². The lowest BCUT2D eigenvalue weighted by atomic mass is 10.4. The van der Waals surface area contributed by atoms with Gasteiger partial charge in [-0.15, -0.1) is 0 Å². The van der Waals surface area contributed by atoms with E-state index in [1.54, 1.807) is 5.43 Å². The Morgan fingerprint density at radius 3 is 1.88 bits per heavy atom. The molecular weight excluding hydrogens is 121 g/mol. The van der Waals surface area contributed by atoms with E-state index in [-0.39, 0.29) is 0 Å². The Kier molecular flexibility index (Phi) is 2.24. The van der Waals surface area contributed by atoms with Crippen LogP contribution in [0.15, 0.2) is 0 Å². The van der Waals surface area contributed by atoms with Gasteiger partial charge in [0.1, 0.15) is 6.04 Å². The van der Waals surface area contributed by atoms with Gasteiger partial charge in [-0.05, 0) is 6.92 Å². The first kappa shape index (κ1) is 7.71. The van der Waals surface area contributed by atoms with E-state index in [0.717, 1.165) is 6.92 Å². The summed E-state index contributed by atoms with van der Waals surface area (Å²) in [5.41, 5.74) is 1.58. The fourth-order valence-corrected chi connectivity index (χ4v) is 0.0945.